The molecule has 0 amide bonds. The molecule has 24 heavy (non-hydrogen) atoms. The van der Waals surface area contributed by atoms with Crippen LogP contribution in [-0.4, -0.2) is 40.9 Å². The van der Waals surface area contributed by atoms with Gasteiger partial charge in [0, 0.05) is 25.2 Å². The molecule has 1 aliphatic heterocycles. The standard InChI is InChI=1S/C17H19N5O.ClH/c18-11-13-1-3-14(4-2-13)17-15-5-6-19-22(15)12-16(20-17)21-7-9-23-10-8-21;/h1-6,12H,7-11,18H2;1H. The fourth-order valence-corrected chi connectivity index (χ4v) is 2.87. The van der Waals surface area contributed by atoms with Gasteiger partial charge in [-0.15, -0.1) is 12.4 Å². The van der Waals surface area contributed by atoms with E-state index >= 15 is 0 Å². The summed E-state index contributed by atoms with van der Waals surface area (Å²) < 4.78 is 7.32. The van der Waals surface area contributed by atoms with E-state index in [2.05, 4.69) is 22.1 Å². The molecule has 1 fully saturated rings. The van der Waals surface area contributed by atoms with Crippen molar-refractivity contribution >= 4 is 23.7 Å². The Balaban J connectivity index is 0.00000169. The van der Waals surface area contributed by atoms with Crippen molar-refractivity contribution in [2.24, 2.45) is 5.73 Å². The highest BCUT2D eigenvalue weighted by atomic mass is 35.5. The van der Waals surface area contributed by atoms with Gasteiger partial charge in [-0.05, 0) is 11.6 Å². The normalized spacial score (nSPS) is 14.6. The molecule has 0 bridgehead atoms. The third-order valence-electron chi connectivity index (χ3n) is 4.18. The van der Waals surface area contributed by atoms with Crippen molar-refractivity contribution < 1.29 is 4.74 Å². The van der Waals surface area contributed by atoms with E-state index in [1.54, 1.807) is 6.20 Å². The van der Waals surface area contributed by atoms with Gasteiger partial charge in [0.05, 0.1) is 36.8 Å². The minimum atomic E-state index is 0. The Kier molecular flexibility index (Phi) is 4.99. The molecular formula is C17H20ClN5O. The molecule has 3 aromatic rings. The lowest BCUT2D eigenvalue weighted by Crippen LogP contribution is -2.37. The number of aromatic nitrogens is 3. The largest absolute Gasteiger partial charge is 0.378 e. The highest BCUT2D eigenvalue weighted by Gasteiger charge is 2.16. The molecule has 7 heteroatoms. The number of halogens is 1. The Labute approximate surface area is 146 Å². The highest BCUT2D eigenvalue weighted by Crippen LogP contribution is 2.26. The SMILES string of the molecule is Cl.NCc1ccc(-c2nc(N3CCOCC3)cn3nccc23)cc1. The summed E-state index contributed by atoms with van der Waals surface area (Å²) in [5, 5.41) is 4.39. The van der Waals surface area contributed by atoms with E-state index in [1.165, 1.54) is 0 Å². The van der Waals surface area contributed by atoms with Gasteiger partial charge in [0.2, 0.25) is 0 Å². The third kappa shape index (κ3) is 3.08. The second kappa shape index (κ2) is 7.17. The summed E-state index contributed by atoms with van der Waals surface area (Å²) in [6, 6.07) is 10.2. The molecule has 4 rings (SSSR count). The number of hydrogen-bond donors (Lipinski definition) is 1. The van der Waals surface area contributed by atoms with Crippen LogP contribution in [0, 0.1) is 0 Å². The number of ether oxygens (including phenoxy) is 1. The van der Waals surface area contributed by atoms with E-state index < -0.39 is 0 Å². The summed E-state index contributed by atoms with van der Waals surface area (Å²) in [5.74, 6) is 0.933. The molecule has 0 unspecified atom stereocenters. The minimum absolute atomic E-state index is 0. The van der Waals surface area contributed by atoms with Crippen LogP contribution in [0.1, 0.15) is 5.56 Å². The average Bonchev–Trinajstić information content (AvgIpc) is 3.10. The monoisotopic (exact) mass is 345 g/mol. The van der Waals surface area contributed by atoms with Gasteiger partial charge in [-0.25, -0.2) is 9.50 Å². The maximum atomic E-state index is 5.69. The summed E-state index contributed by atoms with van der Waals surface area (Å²) in [7, 11) is 0. The van der Waals surface area contributed by atoms with Gasteiger partial charge < -0.3 is 15.4 Å². The molecule has 3 heterocycles. The molecule has 2 aromatic heterocycles. The summed E-state index contributed by atoms with van der Waals surface area (Å²) >= 11 is 0. The first-order valence-electron chi connectivity index (χ1n) is 7.81. The maximum absolute atomic E-state index is 5.69. The maximum Gasteiger partial charge on any atom is 0.148 e. The number of rotatable bonds is 3. The first kappa shape index (κ1) is 16.7. The molecule has 0 spiro atoms. The molecule has 0 aliphatic carbocycles. The van der Waals surface area contributed by atoms with E-state index in [9.17, 15) is 0 Å². The molecule has 126 valence electrons. The number of fused-ring (bicyclic) bond motifs is 1. The van der Waals surface area contributed by atoms with Crippen molar-refractivity contribution in [3.8, 4) is 11.3 Å². The van der Waals surface area contributed by atoms with Crippen LogP contribution < -0.4 is 10.6 Å². The zero-order valence-electron chi connectivity index (χ0n) is 13.3. The lowest BCUT2D eigenvalue weighted by Gasteiger charge is -2.28. The number of hydrogen-bond acceptors (Lipinski definition) is 5. The predicted molar refractivity (Wildman–Crippen MR) is 96.6 cm³/mol. The molecule has 1 aliphatic rings. The smallest absolute Gasteiger partial charge is 0.148 e. The molecule has 0 atom stereocenters. The second-order valence-electron chi connectivity index (χ2n) is 5.61. The quantitative estimate of drug-likeness (QED) is 0.787. The van der Waals surface area contributed by atoms with Crippen LogP contribution in [0.15, 0.2) is 42.7 Å². The minimum Gasteiger partial charge on any atom is -0.378 e. The second-order valence-corrected chi connectivity index (χ2v) is 5.61. The van der Waals surface area contributed by atoms with Gasteiger partial charge >= 0.3 is 0 Å². The number of nitrogens with two attached hydrogens (primary N) is 1. The zero-order valence-corrected chi connectivity index (χ0v) is 14.1. The van der Waals surface area contributed by atoms with E-state index in [0.29, 0.717) is 6.54 Å². The first-order valence-corrected chi connectivity index (χ1v) is 7.81. The van der Waals surface area contributed by atoms with Crippen molar-refractivity contribution in [2.75, 3.05) is 31.2 Å². The van der Waals surface area contributed by atoms with E-state index in [-0.39, 0.29) is 12.4 Å². The number of nitrogens with zero attached hydrogens (tertiary/aromatic N) is 4. The Hall–Kier alpha value is -2.15. The van der Waals surface area contributed by atoms with E-state index in [0.717, 1.165) is 54.5 Å². The van der Waals surface area contributed by atoms with Crippen LogP contribution in [0.3, 0.4) is 0 Å². The third-order valence-corrected chi connectivity index (χ3v) is 4.18. The van der Waals surface area contributed by atoms with E-state index in [4.69, 9.17) is 15.5 Å². The van der Waals surface area contributed by atoms with Gasteiger partial charge in [0.15, 0.2) is 0 Å². The molecule has 2 N–H and O–H groups in total. The van der Waals surface area contributed by atoms with Crippen LogP contribution in [0.25, 0.3) is 16.8 Å². The van der Waals surface area contributed by atoms with Crippen LogP contribution in [0.2, 0.25) is 0 Å². The van der Waals surface area contributed by atoms with Gasteiger partial charge in [0.1, 0.15) is 5.82 Å². The van der Waals surface area contributed by atoms with Crippen molar-refractivity contribution in [2.45, 2.75) is 6.54 Å². The molecule has 0 saturated carbocycles. The Bertz CT molecular complexity index is 811. The molecule has 1 saturated heterocycles. The van der Waals surface area contributed by atoms with Gasteiger partial charge in [-0.2, -0.15) is 5.10 Å². The average molecular weight is 346 g/mol. The van der Waals surface area contributed by atoms with Gasteiger partial charge in [-0.3, -0.25) is 0 Å². The van der Waals surface area contributed by atoms with Crippen LogP contribution in [-0.2, 0) is 11.3 Å². The highest BCUT2D eigenvalue weighted by molar-refractivity contribution is 5.85. The van der Waals surface area contributed by atoms with Crippen LogP contribution in [0.5, 0.6) is 0 Å². The first-order chi connectivity index (χ1) is 11.3. The van der Waals surface area contributed by atoms with Gasteiger partial charge in [-0.1, -0.05) is 24.3 Å². The van der Waals surface area contributed by atoms with Gasteiger partial charge in [0.25, 0.3) is 0 Å². The molecular weight excluding hydrogens is 326 g/mol. The predicted octanol–water partition coefficient (Wildman–Crippen LogP) is 2.11. The van der Waals surface area contributed by atoms with Crippen molar-refractivity contribution in [3.05, 3.63) is 48.3 Å². The van der Waals surface area contributed by atoms with Crippen molar-refractivity contribution in [1.29, 1.82) is 0 Å². The van der Waals surface area contributed by atoms with Crippen molar-refractivity contribution in [1.82, 2.24) is 14.6 Å². The lowest BCUT2D eigenvalue weighted by molar-refractivity contribution is 0.122. The van der Waals surface area contributed by atoms with E-state index in [1.807, 2.05) is 28.9 Å². The number of benzene rings is 1. The Morgan fingerprint density at radius 1 is 1.08 bits per heavy atom. The molecule has 1 aromatic carbocycles. The topological polar surface area (TPSA) is 68.7 Å². The zero-order chi connectivity index (χ0) is 15.6. The van der Waals surface area contributed by atoms with Crippen molar-refractivity contribution in [3.63, 3.8) is 0 Å². The molecule has 0 radical (unpaired) electrons. The number of anilines is 1. The summed E-state index contributed by atoms with van der Waals surface area (Å²) in [5.41, 5.74) is 9.81. The van der Waals surface area contributed by atoms with Crippen LogP contribution in [0.4, 0.5) is 5.82 Å². The summed E-state index contributed by atoms with van der Waals surface area (Å²) in [6.07, 6.45) is 3.79. The molecule has 6 nitrogen and oxygen atoms in total. The Morgan fingerprint density at radius 2 is 1.83 bits per heavy atom. The summed E-state index contributed by atoms with van der Waals surface area (Å²) in [6.45, 7) is 3.72. The summed E-state index contributed by atoms with van der Waals surface area (Å²) in [4.78, 5) is 7.14. The fraction of sp³-hybridized carbons (Fsp3) is 0.294. The van der Waals surface area contributed by atoms with Crippen LogP contribution >= 0.6 is 12.4 Å². The Morgan fingerprint density at radius 3 is 2.54 bits per heavy atom. The number of morpholine rings is 1. The fourth-order valence-electron chi connectivity index (χ4n) is 2.87. The lowest BCUT2D eigenvalue weighted by atomic mass is 10.1.